The molecular weight excluding hydrogens is 316 g/mol. The first kappa shape index (κ1) is 30.9. The summed E-state index contributed by atoms with van der Waals surface area (Å²) in [6.07, 6.45) is 0. The third kappa shape index (κ3) is 377. The van der Waals surface area contributed by atoms with Crippen LogP contribution in [0.5, 0.6) is 0 Å². The highest BCUT2D eigenvalue weighted by molar-refractivity contribution is 6.48. The summed E-state index contributed by atoms with van der Waals surface area (Å²) < 4.78 is 3.74. The summed E-state index contributed by atoms with van der Waals surface area (Å²) in [6, 6.07) is 0. The minimum atomic E-state index is -4.61. The number of aliphatic hydroxyl groups is 1. The van der Waals surface area contributed by atoms with E-state index in [1.165, 1.54) is 0 Å². The largest absolute Gasteiger partial charge is 0.671 e. The fourth-order valence-electron chi connectivity index (χ4n) is 0. The maximum atomic E-state index is 7.85. The first-order valence-corrected chi connectivity index (χ1v) is 8.49. The van der Waals surface area contributed by atoms with Gasteiger partial charge in [-0.1, -0.05) is 0 Å². The van der Waals surface area contributed by atoms with E-state index in [1.807, 2.05) is 0 Å². The van der Waals surface area contributed by atoms with Crippen LogP contribution in [0.1, 0.15) is 0 Å². The minimum absolute atomic E-state index is 0. The first-order valence-electron chi connectivity index (χ1n) is 3.40. The molecule has 0 aromatic carbocycles. The predicted octanol–water partition coefficient (Wildman–Crippen LogP) is -8.10. The van der Waals surface area contributed by atoms with Gasteiger partial charge in [-0.15, -0.1) is 0 Å². The van der Waals surface area contributed by atoms with Crippen LogP contribution in [-0.2, 0) is 4.43 Å². The van der Waals surface area contributed by atoms with Crippen LogP contribution < -0.4 is 0 Å². The number of hydrogen-bond acceptors (Lipinski definition) is 12. The molecule has 0 atom stereocenters. The summed E-state index contributed by atoms with van der Waals surface area (Å²) in [7, 11) is -9.86. The highest BCUT2D eigenvalue weighted by Gasteiger charge is 2.27. The lowest BCUT2D eigenvalue weighted by Crippen LogP contribution is -2.37. The van der Waals surface area contributed by atoms with E-state index in [0.717, 1.165) is 14.2 Å². The van der Waals surface area contributed by atoms with Gasteiger partial charge in [0.05, 0.1) is 0 Å². The molecule has 118 valence electrons. The summed E-state index contributed by atoms with van der Waals surface area (Å²) in [5.74, 6) is 0. The molecule has 0 bridgehead atoms. The minimum Gasteiger partial charge on any atom is -0.412 e. The lowest BCUT2D eigenvalue weighted by Gasteiger charge is -2.01. The molecule has 0 aliphatic carbocycles. The van der Waals surface area contributed by atoms with Crippen molar-refractivity contribution in [2.45, 2.75) is 0 Å². The van der Waals surface area contributed by atoms with E-state index in [1.54, 1.807) is 0 Å². The maximum absolute atomic E-state index is 7.85. The van der Waals surface area contributed by atoms with E-state index in [0.29, 0.717) is 0 Å². The molecule has 0 fully saturated rings. The van der Waals surface area contributed by atoms with Crippen molar-refractivity contribution in [3.05, 3.63) is 0 Å². The highest BCUT2D eigenvalue weighted by atomic mass is 28.4. The van der Waals surface area contributed by atoms with E-state index < -0.39 is 27.6 Å². The molecule has 0 aromatic heterocycles. The molecule has 0 aromatic rings. The van der Waals surface area contributed by atoms with Crippen LogP contribution in [0.3, 0.4) is 0 Å². The average Bonchev–Trinajstić information content (AvgIpc) is 2.02. The Hall–Kier alpha value is 0.131. The summed E-state index contributed by atoms with van der Waals surface area (Å²) >= 11 is 0. The van der Waals surface area contributed by atoms with Gasteiger partial charge in [-0.25, -0.2) is 0 Å². The fraction of sp³-hybridized carbons (Fsp3) is 1.00. The normalized spacial score (nSPS) is 9.67. The Morgan fingerprint density at radius 1 is 0.778 bits per heavy atom. The van der Waals surface area contributed by atoms with E-state index >= 15 is 0 Å². The Morgan fingerprint density at radius 2 is 0.833 bits per heavy atom. The van der Waals surface area contributed by atoms with Gasteiger partial charge < -0.3 is 63.0 Å². The molecule has 18 heavy (non-hydrogen) atoms. The number of hydrogen-bond donors (Lipinski definition) is 11. The lowest BCUT2D eigenvalue weighted by molar-refractivity contribution is 0.0879. The van der Waals surface area contributed by atoms with E-state index in [9.17, 15) is 0 Å². The average molecular weight is 336 g/mol. The van der Waals surface area contributed by atoms with E-state index in [4.69, 9.17) is 53.1 Å². The van der Waals surface area contributed by atoms with Crippen molar-refractivity contribution < 1.29 is 63.0 Å². The molecule has 0 unspecified atom stereocenters. The van der Waals surface area contributed by atoms with Crippen LogP contribution in [0.4, 0.5) is 0 Å². The fourth-order valence-corrected chi connectivity index (χ4v) is 0. The zero-order valence-electron chi connectivity index (χ0n) is 9.40. The van der Waals surface area contributed by atoms with Gasteiger partial charge in [-0.3, -0.25) is 0 Å². The van der Waals surface area contributed by atoms with Crippen molar-refractivity contribution in [3.8, 4) is 0 Å². The second kappa shape index (κ2) is 17.1. The van der Waals surface area contributed by atoms with Gasteiger partial charge in [0.15, 0.2) is 0 Å². The standard InChI is InChI=1S/CH6O4Si.CH4O.H4O4Si.H4O3Si.H2O/c1-5-6(2,3)4;1-2;1-5(2,3)4;1-4(2)3;/h2-4H,1H3;2H,1H3;1-4H;1-4H;1H2. The van der Waals surface area contributed by atoms with Gasteiger partial charge in [0.25, 0.3) is 0 Å². The van der Waals surface area contributed by atoms with Crippen molar-refractivity contribution in [1.82, 2.24) is 0 Å². The van der Waals surface area contributed by atoms with Gasteiger partial charge in [-0.05, 0) is 0 Å². The summed E-state index contributed by atoms with van der Waals surface area (Å²) in [5, 5.41) is 7.00. The van der Waals surface area contributed by atoms with Crippen LogP contribution in [0.15, 0.2) is 0 Å². The lowest BCUT2D eigenvalue weighted by atomic mass is 11.8. The number of rotatable bonds is 1. The topological polar surface area (TPSA) is 263 Å². The Bertz CT molecular complexity index is 118. The second-order valence-corrected chi connectivity index (χ2v) is 5.17. The van der Waals surface area contributed by atoms with Gasteiger partial charge in [-0.2, -0.15) is 0 Å². The van der Waals surface area contributed by atoms with E-state index in [-0.39, 0.29) is 5.48 Å². The van der Waals surface area contributed by atoms with Gasteiger partial charge in [0.2, 0.25) is 0 Å². The molecule has 0 saturated carbocycles. The highest BCUT2D eigenvalue weighted by Crippen LogP contribution is 1.80. The summed E-state index contributed by atoms with van der Waals surface area (Å²) in [5.41, 5.74) is 0. The second-order valence-electron chi connectivity index (χ2n) is 1.72. The van der Waals surface area contributed by atoms with Gasteiger partial charge >= 0.3 is 27.6 Å². The molecule has 0 saturated heterocycles. The molecule has 13 nitrogen and oxygen atoms in total. The van der Waals surface area contributed by atoms with Crippen LogP contribution in [0.25, 0.3) is 0 Å². The molecule has 0 rings (SSSR count). The number of aliphatic hydroxyl groups excluding tert-OH is 1. The Morgan fingerprint density at radius 3 is 0.833 bits per heavy atom. The van der Waals surface area contributed by atoms with Crippen LogP contribution in [0.2, 0.25) is 0 Å². The molecule has 0 spiro atoms. The maximum Gasteiger partial charge on any atom is 0.671 e. The first-order chi connectivity index (χ1) is 7.29. The molecule has 0 amide bonds. The zero-order valence-corrected chi connectivity index (χ0v) is 12.6. The molecule has 0 aliphatic heterocycles. The van der Waals surface area contributed by atoms with Crippen LogP contribution >= 0.6 is 0 Å². The molecule has 0 aliphatic rings. The van der Waals surface area contributed by atoms with Gasteiger partial charge in [0, 0.05) is 14.2 Å². The monoisotopic (exact) mass is 336 g/mol. The zero-order chi connectivity index (χ0) is 15.3. The molecule has 13 N–H and O–H groups in total. The smallest absolute Gasteiger partial charge is 0.412 e. The van der Waals surface area contributed by atoms with Crippen molar-refractivity contribution in [2.75, 3.05) is 14.2 Å². The molecule has 0 heterocycles. The quantitative estimate of drug-likeness (QED) is 0.199. The third-order valence-corrected chi connectivity index (χ3v) is 0.822. The molecule has 0 radical (unpaired) electrons. The SMILES string of the molecule is CO.CO[Si](O)(O)O.O.O[SiH](O)O.O[Si](O)(O)O. The Kier molecular flexibility index (Phi) is 29.4. The van der Waals surface area contributed by atoms with Crippen molar-refractivity contribution >= 4 is 27.6 Å². The third-order valence-electron chi connectivity index (χ3n) is 0.274. The van der Waals surface area contributed by atoms with Crippen LogP contribution in [-0.4, -0.2) is 100 Å². The molecular formula is C2H20O13Si3. The van der Waals surface area contributed by atoms with Gasteiger partial charge in [0.1, 0.15) is 0 Å². The Labute approximate surface area is 106 Å². The van der Waals surface area contributed by atoms with E-state index in [2.05, 4.69) is 4.43 Å². The van der Waals surface area contributed by atoms with Crippen molar-refractivity contribution in [3.63, 3.8) is 0 Å². The summed E-state index contributed by atoms with van der Waals surface area (Å²) in [4.78, 5) is 74.8. The van der Waals surface area contributed by atoms with Crippen LogP contribution in [0, 0.1) is 0 Å². The Balaban J connectivity index is -0.0000000434. The summed E-state index contributed by atoms with van der Waals surface area (Å²) in [6.45, 7) is 0. The molecule has 16 heteroatoms. The van der Waals surface area contributed by atoms with Crippen molar-refractivity contribution in [1.29, 1.82) is 0 Å². The van der Waals surface area contributed by atoms with Crippen molar-refractivity contribution in [2.24, 2.45) is 0 Å². The predicted molar refractivity (Wildman–Crippen MR) is 59.6 cm³/mol.